The summed E-state index contributed by atoms with van der Waals surface area (Å²) < 4.78 is 6.09. The summed E-state index contributed by atoms with van der Waals surface area (Å²) in [5.41, 5.74) is 7.63. The molecule has 1 aliphatic heterocycles. The number of anilines is 1. The summed E-state index contributed by atoms with van der Waals surface area (Å²) in [5, 5.41) is 0. The van der Waals surface area contributed by atoms with E-state index in [1.54, 1.807) is 0 Å². The molecule has 0 spiro atoms. The molecule has 2 heteroatoms. The lowest BCUT2D eigenvalue weighted by atomic mass is 9.99. The van der Waals surface area contributed by atoms with Crippen molar-refractivity contribution in [2.24, 2.45) is 0 Å². The van der Waals surface area contributed by atoms with E-state index in [9.17, 15) is 0 Å². The Morgan fingerprint density at radius 2 is 1.20 bits per heavy atom. The molecule has 1 atom stereocenters. The van der Waals surface area contributed by atoms with Gasteiger partial charge < -0.3 is 9.64 Å². The zero-order valence-electron chi connectivity index (χ0n) is 16.9. The first kappa shape index (κ1) is 18.7. The van der Waals surface area contributed by atoms with Gasteiger partial charge in [0, 0.05) is 18.8 Å². The number of ether oxygens (including phenoxy) is 1. The molecule has 0 amide bonds. The van der Waals surface area contributed by atoms with Crippen LogP contribution in [0.5, 0.6) is 0 Å². The number of hydrogen-bond acceptors (Lipinski definition) is 2. The molecule has 0 N–H and O–H groups in total. The number of benzene rings is 4. The molecule has 4 aromatic carbocycles. The molecule has 148 valence electrons. The predicted octanol–water partition coefficient (Wildman–Crippen LogP) is 6.51. The first-order valence-electron chi connectivity index (χ1n) is 10.5. The van der Waals surface area contributed by atoms with Gasteiger partial charge >= 0.3 is 0 Å². The van der Waals surface area contributed by atoms with Crippen molar-refractivity contribution in [3.63, 3.8) is 0 Å². The Labute approximate surface area is 178 Å². The zero-order valence-corrected chi connectivity index (χ0v) is 16.9. The van der Waals surface area contributed by atoms with Crippen LogP contribution < -0.4 is 4.90 Å². The average molecular weight is 392 g/mol. The van der Waals surface area contributed by atoms with Gasteiger partial charge in [-0.25, -0.2) is 0 Å². The predicted molar refractivity (Wildman–Crippen MR) is 122 cm³/mol. The number of fused-ring (bicyclic) bond motifs is 1. The second kappa shape index (κ2) is 8.56. The molecule has 1 heterocycles. The molecule has 0 fully saturated rings. The smallest absolute Gasteiger partial charge is 0.108 e. The highest BCUT2D eigenvalue weighted by Gasteiger charge is 2.24. The summed E-state index contributed by atoms with van der Waals surface area (Å²) in [6, 6.07) is 38.7. The number of hydrogen-bond donors (Lipinski definition) is 0. The van der Waals surface area contributed by atoms with Crippen molar-refractivity contribution in [1.29, 1.82) is 0 Å². The molecule has 0 bridgehead atoms. The first-order valence-corrected chi connectivity index (χ1v) is 10.5. The maximum absolute atomic E-state index is 6.09. The van der Waals surface area contributed by atoms with E-state index >= 15 is 0 Å². The van der Waals surface area contributed by atoms with Gasteiger partial charge in [0.25, 0.3) is 0 Å². The highest BCUT2D eigenvalue weighted by atomic mass is 16.5. The molecule has 0 saturated heterocycles. The van der Waals surface area contributed by atoms with Crippen molar-refractivity contribution in [1.82, 2.24) is 0 Å². The lowest BCUT2D eigenvalue weighted by Gasteiger charge is -2.26. The van der Waals surface area contributed by atoms with Crippen molar-refractivity contribution < 1.29 is 4.74 Å². The van der Waals surface area contributed by atoms with Gasteiger partial charge in [-0.15, -0.1) is 0 Å². The first-order chi connectivity index (χ1) is 14.9. The summed E-state index contributed by atoms with van der Waals surface area (Å²) in [6.45, 7) is 2.44. The van der Waals surface area contributed by atoms with Crippen LogP contribution in [0.15, 0.2) is 109 Å². The van der Waals surface area contributed by atoms with E-state index in [1.807, 2.05) is 0 Å². The minimum Gasteiger partial charge on any atom is -0.364 e. The standard InChI is InChI=1S/C28H25NO/c1-3-9-22(10-4-1)19-29(20-23-11-5-2-6-12-23)26-17-15-24(16-18-26)28-27-14-8-7-13-25(27)21-30-28/h1-18,28H,19-21H2. The molecule has 0 saturated carbocycles. The minimum atomic E-state index is 0.0342. The van der Waals surface area contributed by atoms with Crippen LogP contribution in [0.4, 0.5) is 5.69 Å². The normalized spacial score (nSPS) is 15.0. The Balaban J connectivity index is 1.41. The fourth-order valence-corrected chi connectivity index (χ4v) is 4.17. The Morgan fingerprint density at radius 1 is 0.633 bits per heavy atom. The van der Waals surface area contributed by atoms with E-state index in [-0.39, 0.29) is 6.10 Å². The monoisotopic (exact) mass is 391 g/mol. The van der Waals surface area contributed by atoms with E-state index < -0.39 is 0 Å². The van der Waals surface area contributed by atoms with E-state index in [4.69, 9.17) is 4.74 Å². The summed E-state index contributed by atoms with van der Waals surface area (Å²) >= 11 is 0. The zero-order chi connectivity index (χ0) is 20.2. The maximum Gasteiger partial charge on any atom is 0.108 e. The Morgan fingerprint density at radius 3 is 1.83 bits per heavy atom. The minimum absolute atomic E-state index is 0.0342. The van der Waals surface area contributed by atoms with Gasteiger partial charge in [-0.3, -0.25) is 0 Å². The van der Waals surface area contributed by atoms with Crippen LogP contribution in [0.25, 0.3) is 0 Å². The Hall–Kier alpha value is -3.36. The third-order valence-corrected chi connectivity index (χ3v) is 5.74. The number of rotatable bonds is 6. The highest BCUT2D eigenvalue weighted by Crippen LogP contribution is 2.36. The highest BCUT2D eigenvalue weighted by molar-refractivity contribution is 5.50. The summed E-state index contributed by atoms with van der Waals surface area (Å²) in [5.74, 6) is 0. The average Bonchev–Trinajstić information content (AvgIpc) is 3.24. The Kier molecular flexibility index (Phi) is 5.32. The molecule has 2 nitrogen and oxygen atoms in total. The molecular weight excluding hydrogens is 366 g/mol. The van der Waals surface area contributed by atoms with Crippen molar-refractivity contribution >= 4 is 5.69 Å². The van der Waals surface area contributed by atoms with Crippen LogP contribution >= 0.6 is 0 Å². The Bertz CT molecular complexity index is 1050. The third-order valence-electron chi connectivity index (χ3n) is 5.74. The second-order valence-electron chi connectivity index (χ2n) is 7.81. The number of nitrogens with zero attached hydrogens (tertiary/aromatic N) is 1. The molecule has 1 unspecified atom stereocenters. The van der Waals surface area contributed by atoms with E-state index in [0.717, 1.165) is 13.1 Å². The van der Waals surface area contributed by atoms with E-state index in [2.05, 4.69) is 114 Å². The van der Waals surface area contributed by atoms with Crippen molar-refractivity contribution in [3.05, 3.63) is 137 Å². The van der Waals surface area contributed by atoms with Gasteiger partial charge in [-0.05, 0) is 39.9 Å². The molecular formula is C28H25NO. The van der Waals surface area contributed by atoms with Crippen molar-refractivity contribution in [2.45, 2.75) is 25.8 Å². The molecule has 5 rings (SSSR count). The van der Waals surface area contributed by atoms with Crippen LogP contribution in [0.3, 0.4) is 0 Å². The van der Waals surface area contributed by atoms with Crippen molar-refractivity contribution in [2.75, 3.05) is 4.90 Å². The van der Waals surface area contributed by atoms with Gasteiger partial charge in [0.1, 0.15) is 6.10 Å². The van der Waals surface area contributed by atoms with Gasteiger partial charge in [0.05, 0.1) is 6.61 Å². The quantitative estimate of drug-likeness (QED) is 0.371. The second-order valence-corrected chi connectivity index (χ2v) is 7.81. The van der Waals surface area contributed by atoms with Crippen LogP contribution in [0.2, 0.25) is 0 Å². The fourth-order valence-electron chi connectivity index (χ4n) is 4.17. The molecule has 4 aromatic rings. The summed E-state index contributed by atoms with van der Waals surface area (Å²) in [6.07, 6.45) is 0.0342. The van der Waals surface area contributed by atoms with Crippen LogP contribution in [0.1, 0.15) is 33.9 Å². The largest absolute Gasteiger partial charge is 0.364 e. The molecule has 0 radical (unpaired) electrons. The van der Waals surface area contributed by atoms with Crippen molar-refractivity contribution in [3.8, 4) is 0 Å². The lowest BCUT2D eigenvalue weighted by molar-refractivity contribution is 0.0939. The third kappa shape index (κ3) is 4.00. The van der Waals surface area contributed by atoms with E-state index in [0.29, 0.717) is 6.61 Å². The topological polar surface area (TPSA) is 12.5 Å². The van der Waals surface area contributed by atoms with E-state index in [1.165, 1.54) is 33.5 Å². The summed E-state index contributed by atoms with van der Waals surface area (Å²) in [7, 11) is 0. The van der Waals surface area contributed by atoms with Crippen LogP contribution in [-0.4, -0.2) is 0 Å². The molecule has 0 aromatic heterocycles. The molecule has 30 heavy (non-hydrogen) atoms. The molecule has 0 aliphatic carbocycles. The summed E-state index contributed by atoms with van der Waals surface area (Å²) in [4.78, 5) is 2.43. The van der Waals surface area contributed by atoms with Crippen LogP contribution in [0, 0.1) is 0 Å². The van der Waals surface area contributed by atoms with Gasteiger partial charge in [0.15, 0.2) is 0 Å². The van der Waals surface area contributed by atoms with Gasteiger partial charge in [-0.2, -0.15) is 0 Å². The van der Waals surface area contributed by atoms with Gasteiger partial charge in [0.2, 0.25) is 0 Å². The lowest BCUT2D eigenvalue weighted by Crippen LogP contribution is -2.22. The molecule has 1 aliphatic rings. The van der Waals surface area contributed by atoms with Gasteiger partial charge in [-0.1, -0.05) is 97.1 Å². The SMILES string of the molecule is c1ccc(CN(Cc2ccccc2)c2ccc(C3OCc4ccccc43)cc2)cc1. The van der Waals surface area contributed by atoms with Crippen LogP contribution in [-0.2, 0) is 24.4 Å². The fraction of sp³-hybridized carbons (Fsp3) is 0.143. The maximum atomic E-state index is 6.09.